The molecule has 0 N–H and O–H groups in total. The van der Waals surface area contributed by atoms with Gasteiger partial charge in [0.05, 0.1) is 5.56 Å². The van der Waals surface area contributed by atoms with E-state index in [9.17, 15) is 9.59 Å². The summed E-state index contributed by atoms with van der Waals surface area (Å²) in [6.45, 7) is 1.34. The number of carbonyl (C=O) groups excluding carboxylic acids is 2. The highest BCUT2D eigenvalue weighted by Gasteiger charge is 2.26. The van der Waals surface area contributed by atoms with Crippen LogP contribution in [0.25, 0.3) is 0 Å². The van der Waals surface area contributed by atoms with Crippen LogP contribution in [0.4, 0.5) is 5.69 Å². The Morgan fingerprint density at radius 1 is 1.21 bits per heavy atom. The molecule has 0 aliphatic carbocycles. The largest absolute Gasteiger partial charge is 0.377 e. The first-order chi connectivity index (χ1) is 9.00. The van der Waals surface area contributed by atoms with Gasteiger partial charge in [-0.15, -0.1) is 0 Å². The van der Waals surface area contributed by atoms with Gasteiger partial charge in [-0.3, -0.25) is 9.59 Å². The topological polar surface area (TPSA) is 43.9 Å². The number of carbonyl (C=O) groups is 2. The third-order valence-corrected chi connectivity index (χ3v) is 3.36. The Bertz CT molecular complexity index is 499. The molecule has 0 atom stereocenters. The van der Waals surface area contributed by atoms with Crippen molar-refractivity contribution in [3.05, 3.63) is 29.8 Å². The number of likely N-dealkylation sites (N-methyl/N-ethyl adjacent to an activating group) is 1. The van der Waals surface area contributed by atoms with E-state index in [1.54, 1.807) is 22.9 Å². The number of rotatable bonds is 2. The summed E-state index contributed by atoms with van der Waals surface area (Å²) in [7, 11) is 5.57. The molecule has 1 aliphatic heterocycles. The fourth-order valence-corrected chi connectivity index (χ4v) is 2.15. The predicted octanol–water partition coefficient (Wildman–Crippen LogP) is 0.667. The zero-order valence-electron chi connectivity index (χ0n) is 11.6. The Kier molecular flexibility index (Phi) is 3.74. The molecule has 2 amide bonds. The maximum atomic E-state index is 12.5. The van der Waals surface area contributed by atoms with E-state index in [0.717, 1.165) is 5.69 Å². The molecule has 5 heteroatoms. The maximum absolute atomic E-state index is 12.5. The summed E-state index contributed by atoms with van der Waals surface area (Å²) < 4.78 is 0. The second kappa shape index (κ2) is 5.30. The Hall–Kier alpha value is -2.04. The van der Waals surface area contributed by atoms with Crippen molar-refractivity contribution >= 4 is 17.5 Å². The molecule has 102 valence electrons. The molecule has 1 heterocycles. The highest BCUT2D eigenvalue weighted by Crippen LogP contribution is 2.20. The van der Waals surface area contributed by atoms with Gasteiger partial charge in [0, 0.05) is 39.9 Å². The van der Waals surface area contributed by atoms with Crippen molar-refractivity contribution in [2.24, 2.45) is 0 Å². The van der Waals surface area contributed by atoms with Crippen LogP contribution in [0.3, 0.4) is 0 Å². The van der Waals surface area contributed by atoms with Gasteiger partial charge in [0.25, 0.3) is 5.91 Å². The number of amides is 2. The molecule has 1 aliphatic rings. The van der Waals surface area contributed by atoms with Crippen LogP contribution in [0.5, 0.6) is 0 Å². The van der Waals surface area contributed by atoms with Crippen molar-refractivity contribution < 1.29 is 9.59 Å². The third kappa shape index (κ3) is 2.70. The number of piperazine rings is 1. The Labute approximate surface area is 113 Å². The molecule has 0 unspecified atom stereocenters. The highest BCUT2D eigenvalue weighted by molar-refractivity contribution is 6.01. The molecule has 0 saturated carbocycles. The summed E-state index contributed by atoms with van der Waals surface area (Å²) in [6.07, 6.45) is 0. The fraction of sp³-hybridized carbons (Fsp3) is 0.429. The van der Waals surface area contributed by atoms with Crippen LogP contribution in [-0.2, 0) is 4.79 Å². The van der Waals surface area contributed by atoms with E-state index in [-0.39, 0.29) is 18.4 Å². The predicted molar refractivity (Wildman–Crippen MR) is 74.3 cm³/mol. The average Bonchev–Trinajstić information content (AvgIpc) is 2.41. The van der Waals surface area contributed by atoms with Crippen molar-refractivity contribution in [1.82, 2.24) is 9.80 Å². The van der Waals surface area contributed by atoms with E-state index in [1.807, 2.05) is 37.2 Å². The summed E-state index contributed by atoms with van der Waals surface area (Å²) in [6, 6.07) is 7.46. The number of nitrogens with zero attached hydrogens (tertiary/aromatic N) is 3. The van der Waals surface area contributed by atoms with Crippen LogP contribution in [0.1, 0.15) is 10.4 Å². The van der Waals surface area contributed by atoms with Crippen LogP contribution >= 0.6 is 0 Å². The molecular weight excluding hydrogens is 242 g/mol. The van der Waals surface area contributed by atoms with Crippen LogP contribution in [0, 0.1) is 0 Å². The Morgan fingerprint density at radius 3 is 2.53 bits per heavy atom. The SMILES string of the molecule is CN1CCN(C(=O)c2ccccc2N(C)C)CC1=O. The molecule has 5 nitrogen and oxygen atoms in total. The van der Waals surface area contributed by atoms with Crippen LogP contribution in [0.15, 0.2) is 24.3 Å². The molecule has 0 spiro atoms. The summed E-state index contributed by atoms with van der Waals surface area (Å²) in [4.78, 5) is 29.4. The summed E-state index contributed by atoms with van der Waals surface area (Å²) in [5.41, 5.74) is 1.52. The quantitative estimate of drug-likeness (QED) is 0.786. The second-order valence-corrected chi connectivity index (χ2v) is 4.95. The minimum Gasteiger partial charge on any atom is -0.377 e. The molecule has 2 rings (SSSR count). The molecule has 0 radical (unpaired) electrons. The minimum atomic E-state index is -0.0780. The van der Waals surface area contributed by atoms with Crippen molar-refractivity contribution in [3.63, 3.8) is 0 Å². The lowest BCUT2D eigenvalue weighted by molar-refractivity contribution is -0.133. The lowest BCUT2D eigenvalue weighted by atomic mass is 10.1. The number of anilines is 1. The molecule has 0 aromatic heterocycles. The van der Waals surface area contributed by atoms with Crippen LogP contribution in [-0.4, -0.2) is 62.4 Å². The molecule has 1 aromatic carbocycles. The molecular formula is C14H19N3O2. The van der Waals surface area contributed by atoms with Crippen LogP contribution in [0.2, 0.25) is 0 Å². The van der Waals surface area contributed by atoms with E-state index < -0.39 is 0 Å². The smallest absolute Gasteiger partial charge is 0.256 e. The van der Waals surface area contributed by atoms with Crippen molar-refractivity contribution in [2.45, 2.75) is 0 Å². The Balaban J connectivity index is 2.23. The van der Waals surface area contributed by atoms with Crippen molar-refractivity contribution in [1.29, 1.82) is 0 Å². The lowest BCUT2D eigenvalue weighted by Gasteiger charge is -2.32. The van der Waals surface area contributed by atoms with E-state index in [1.165, 1.54) is 0 Å². The summed E-state index contributed by atoms with van der Waals surface area (Å²) in [5, 5.41) is 0. The van der Waals surface area contributed by atoms with E-state index in [4.69, 9.17) is 0 Å². The van der Waals surface area contributed by atoms with Gasteiger partial charge in [0.2, 0.25) is 5.91 Å². The number of hydrogen-bond acceptors (Lipinski definition) is 3. The van der Waals surface area contributed by atoms with E-state index in [2.05, 4.69) is 0 Å². The first-order valence-electron chi connectivity index (χ1n) is 6.30. The van der Waals surface area contributed by atoms with Gasteiger partial charge >= 0.3 is 0 Å². The van der Waals surface area contributed by atoms with Gasteiger partial charge in [-0.1, -0.05) is 12.1 Å². The zero-order valence-corrected chi connectivity index (χ0v) is 11.6. The maximum Gasteiger partial charge on any atom is 0.256 e. The number of para-hydroxylation sites is 1. The summed E-state index contributed by atoms with van der Waals surface area (Å²) in [5.74, 6) is -0.0901. The standard InChI is InChI=1S/C14H19N3O2/c1-15(2)12-7-5-4-6-11(12)14(19)17-9-8-16(3)13(18)10-17/h4-7H,8-10H2,1-3H3. The number of benzene rings is 1. The normalized spacial score (nSPS) is 15.6. The van der Waals surface area contributed by atoms with Gasteiger partial charge in [-0.2, -0.15) is 0 Å². The zero-order chi connectivity index (χ0) is 14.0. The molecule has 19 heavy (non-hydrogen) atoms. The minimum absolute atomic E-state index is 0.0121. The van der Waals surface area contributed by atoms with Gasteiger partial charge in [-0.05, 0) is 12.1 Å². The van der Waals surface area contributed by atoms with Gasteiger partial charge in [0.1, 0.15) is 6.54 Å². The first-order valence-corrected chi connectivity index (χ1v) is 6.30. The Morgan fingerprint density at radius 2 is 1.89 bits per heavy atom. The fourth-order valence-electron chi connectivity index (χ4n) is 2.15. The molecule has 0 bridgehead atoms. The van der Waals surface area contributed by atoms with Crippen LogP contribution < -0.4 is 4.90 Å². The van der Waals surface area contributed by atoms with Crippen molar-refractivity contribution in [2.75, 3.05) is 45.7 Å². The highest BCUT2D eigenvalue weighted by atomic mass is 16.2. The van der Waals surface area contributed by atoms with Gasteiger partial charge in [0.15, 0.2) is 0 Å². The average molecular weight is 261 g/mol. The molecule has 1 aromatic rings. The summed E-state index contributed by atoms with van der Waals surface area (Å²) >= 11 is 0. The van der Waals surface area contributed by atoms with Gasteiger partial charge < -0.3 is 14.7 Å². The second-order valence-electron chi connectivity index (χ2n) is 4.95. The monoisotopic (exact) mass is 261 g/mol. The molecule has 1 saturated heterocycles. The number of hydrogen-bond donors (Lipinski definition) is 0. The van der Waals surface area contributed by atoms with Crippen molar-refractivity contribution in [3.8, 4) is 0 Å². The molecule has 1 fully saturated rings. The van der Waals surface area contributed by atoms with E-state index >= 15 is 0 Å². The lowest BCUT2D eigenvalue weighted by Crippen LogP contribution is -2.50. The van der Waals surface area contributed by atoms with E-state index in [0.29, 0.717) is 18.7 Å². The third-order valence-electron chi connectivity index (χ3n) is 3.36. The first kappa shape index (κ1) is 13.4. The van der Waals surface area contributed by atoms with Gasteiger partial charge in [-0.25, -0.2) is 0 Å².